The molecule has 0 unspecified atom stereocenters. The molecule has 5 nitrogen and oxygen atoms in total. The van der Waals surface area contributed by atoms with Gasteiger partial charge in [0, 0.05) is 39.3 Å². The van der Waals surface area contributed by atoms with Crippen LogP contribution < -0.4 is 0 Å². The van der Waals surface area contributed by atoms with Gasteiger partial charge in [0.15, 0.2) is 0 Å². The van der Waals surface area contributed by atoms with E-state index in [0.717, 1.165) is 52.0 Å². The molecule has 1 aliphatic heterocycles. The van der Waals surface area contributed by atoms with Gasteiger partial charge in [-0.2, -0.15) is 0 Å². The number of ether oxygens (including phenoxy) is 1. The van der Waals surface area contributed by atoms with E-state index >= 15 is 0 Å². The molecule has 5 heteroatoms. The second-order valence-electron chi connectivity index (χ2n) is 4.37. The number of aliphatic hydroxyl groups excluding tert-OH is 1. The molecule has 1 saturated heterocycles. The fourth-order valence-electron chi connectivity index (χ4n) is 1.84. The molecular formula is C12H24N2O3. The van der Waals surface area contributed by atoms with E-state index in [1.807, 2.05) is 0 Å². The van der Waals surface area contributed by atoms with Crippen molar-refractivity contribution in [2.75, 3.05) is 45.9 Å². The molecule has 1 N–H and O–H groups in total. The normalized spacial score (nSPS) is 17.2. The van der Waals surface area contributed by atoms with Gasteiger partial charge in [-0.15, -0.1) is 0 Å². The summed E-state index contributed by atoms with van der Waals surface area (Å²) in [5, 5.41) is 8.75. The molecule has 0 saturated carbocycles. The SMILES string of the molecule is CCCCOC(=O)N1CCN(CCCO)CC1. The Balaban J connectivity index is 2.15. The molecule has 0 atom stereocenters. The summed E-state index contributed by atoms with van der Waals surface area (Å²) in [4.78, 5) is 15.7. The molecule has 1 aliphatic rings. The third-order valence-electron chi connectivity index (χ3n) is 2.99. The Labute approximate surface area is 103 Å². The van der Waals surface area contributed by atoms with Crippen molar-refractivity contribution in [2.24, 2.45) is 0 Å². The number of piperazine rings is 1. The number of nitrogens with zero attached hydrogens (tertiary/aromatic N) is 2. The van der Waals surface area contributed by atoms with Gasteiger partial charge in [-0.25, -0.2) is 4.79 Å². The van der Waals surface area contributed by atoms with Crippen LogP contribution in [0.5, 0.6) is 0 Å². The highest BCUT2D eigenvalue weighted by Crippen LogP contribution is 2.04. The van der Waals surface area contributed by atoms with Gasteiger partial charge in [0.25, 0.3) is 0 Å². The Bertz CT molecular complexity index is 216. The minimum Gasteiger partial charge on any atom is -0.449 e. The molecule has 0 aromatic carbocycles. The summed E-state index contributed by atoms with van der Waals surface area (Å²) in [6.07, 6.45) is 2.60. The Hall–Kier alpha value is -0.810. The van der Waals surface area contributed by atoms with Crippen molar-refractivity contribution in [2.45, 2.75) is 26.2 Å². The van der Waals surface area contributed by atoms with E-state index in [1.54, 1.807) is 4.90 Å². The van der Waals surface area contributed by atoms with Gasteiger partial charge in [-0.3, -0.25) is 4.90 Å². The lowest BCUT2D eigenvalue weighted by molar-refractivity contribution is 0.0738. The first-order valence-electron chi connectivity index (χ1n) is 6.53. The lowest BCUT2D eigenvalue weighted by Gasteiger charge is -2.33. The predicted molar refractivity (Wildman–Crippen MR) is 66.0 cm³/mol. The minimum atomic E-state index is -0.180. The monoisotopic (exact) mass is 244 g/mol. The maximum atomic E-state index is 11.6. The van der Waals surface area contributed by atoms with Crippen LogP contribution in [0.2, 0.25) is 0 Å². The molecule has 0 aromatic rings. The molecule has 0 aromatic heterocycles. The summed E-state index contributed by atoms with van der Waals surface area (Å²) in [5.74, 6) is 0. The van der Waals surface area contributed by atoms with Crippen LogP contribution in [0.25, 0.3) is 0 Å². The summed E-state index contributed by atoms with van der Waals surface area (Å²) >= 11 is 0. The number of hydrogen-bond donors (Lipinski definition) is 1. The molecule has 0 spiro atoms. The smallest absolute Gasteiger partial charge is 0.409 e. The van der Waals surface area contributed by atoms with Gasteiger partial charge in [-0.05, 0) is 12.8 Å². The largest absolute Gasteiger partial charge is 0.449 e. The van der Waals surface area contributed by atoms with Gasteiger partial charge < -0.3 is 14.7 Å². The predicted octanol–water partition coefficient (Wildman–Crippen LogP) is 0.923. The first-order chi connectivity index (χ1) is 8.27. The zero-order valence-electron chi connectivity index (χ0n) is 10.7. The molecule has 0 radical (unpaired) electrons. The first kappa shape index (κ1) is 14.3. The van der Waals surface area contributed by atoms with Crippen LogP contribution in [-0.2, 0) is 4.74 Å². The maximum absolute atomic E-state index is 11.6. The average Bonchev–Trinajstić information content (AvgIpc) is 2.37. The van der Waals surface area contributed by atoms with Crippen molar-refractivity contribution in [3.8, 4) is 0 Å². The molecule has 1 heterocycles. The molecule has 1 amide bonds. The van der Waals surface area contributed by atoms with Crippen LogP contribution in [0.15, 0.2) is 0 Å². The van der Waals surface area contributed by atoms with Crippen LogP contribution >= 0.6 is 0 Å². The molecule has 17 heavy (non-hydrogen) atoms. The Morgan fingerprint density at radius 1 is 1.24 bits per heavy atom. The van der Waals surface area contributed by atoms with Crippen molar-refractivity contribution in [3.05, 3.63) is 0 Å². The zero-order chi connectivity index (χ0) is 12.5. The van der Waals surface area contributed by atoms with Gasteiger partial charge >= 0.3 is 6.09 Å². The maximum Gasteiger partial charge on any atom is 0.409 e. The van der Waals surface area contributed by atoms with Gasteiger partial charge in [-0.1, -0.05) is 13.3 Å². The fraction of sp³-hybridized carbons (Fsp3) is 0.917. The lowest BCUT2D eigenvalue weighted by atomic mass is 10.3. The molecule has 1 fully saturated rings. The quantitative estimate of drug-likeness (QED) is 0.706. The summed E-state index contributed by atoms with van der Waals surface area (Å²) in [7, 11) is 0. The highest BCUT2D eigenvalue weighted by molar-refractivity contribution is 5.67. The summed E-state index contributed by atoms with van der Waals surface area (Å²) in [6.45, 7) is 6.97. The second-order valence-corrected chi connectivity index (χ2v) is 4.37. The van der Waals surface area contributed by atoms with Crippen molar-refractivity contribution < 1.29 is 14.6 Å². The fourth-order valence-corrected chi connectivity index (χ4v) is 1.84. The van der Waals surface area contributed by atoms with Gasteiger partial charge in [0.2, 0.25) is 0 Å². The third-order valence-corrected chi connectivity index (χ3v) is 2.99. The molecule has 100 valence electrons. The number of hydrogen-bond acceptors (Lipinski definition) is 4. The third kappa shape index (κ3) is 5.37. The molecule has 1 rings (SSSR count). The molecule has 0 aliphatic carbocycles. The Kier molecular flexibility index (Phi) is 6.96. The van der Waals surface area contributed by atoms with Crippen molar-refractivity contribution in [1.29, 1.82) is 0 Å². The van der Waals surface area contributed by atoms with Crippen LogP contribution in [0.4, 0.5) is 4.79 Å². The van der Waals surface area contributed by atoms with E-state index in [2.05, 4.69) is 11.8 Å². The highest BCUT2D eigenvalue weighted by Gasteiger charge is 2.21. The number of carbonyl (C=O) groups excluding carboxylic acids is 1. The molecular weight excluding hydrogens is 220 g/mol. The van der Waals surface area contributed by atoms with Crippen molar-refractivity contribution >= 4 is 6.09 Å². The van der Waals surface area contributed by atoms with E-state index in [0.29, 0.717) is 6.61 Å². The summed E-state index contributed by atoms with van der Waals surface area (Å²) < 4.78 is 5.17. The van der Waals surface area contributed by atoms with E-state index in [4.69, 9.17) is 9.84 Å². The molecule has 0 bridgehead atoms. The van der Waals surface area contributed by atoms with E-state index in [-0.39, 0.29) is 12.7 Å². The van der Waals surface area contributed by atoms with E-state index < -0.39 is 0 Å². The van der Waals surface area contributed by atoms with Gasteiger partial charge in [0.1, 0.15) is 0 Å². The first-order valence-corrected chi connectivity index (χ1v) is 6.53. The van der Waals surface area contributed by atoms with Crippen molar-refractivity contribution in [3.63, 3.8) is 0 Å². The Morgan fingerprint density at radius 3 is 2.53 bits per heavy atom. The number of rotatable bonds is 6. The zero-order valence-corrected chi connectivity index (χ0v) is 10.7. The summed E-state index contributed by atoms with van der Waals surface area (Å²) in [6, 6.07) is 0. The van der Waals surface area contributed by atoms with Gasteiger partial charge in [0.05, 0.1) is 6.61 Å². The van der Waals surface area contributed by atoms with Crippen LogP contribution in [-0.4, -0.2) is 66.9 Å². The van der Waals surface area contributed by atoms with Crippen LogP contribution in [0.3, 0.4) is 0 Å². The Morgan fingerprint density at radius 2 is 1.94 bits per heavy atom. The number of carbonyl (C=O) groups is 1. The van der Waals surface area contributed by atoms with E-state index in [9.17, 15) is 4.79 Å². The van der Waals surface area contributed by atoms with Crippen molar-refractivity contribution in [1.82, 2.24) is 9.80 Å². The number of aliphatic hydroxyl groups is 1. The standard InChI is InChI=1S/C12H24N2O3/c1-2-3-11-17-12(16)14-8-6-13(7-9-14)5-4-10-15/h15H,2-11H2,1H3. The second kappa shape index (κ2) is 8.31. The van der Waals surface area contributed by atoms with Crippen LogP contribution in [0.1, 0.15) is 26.2 Å². The average molecular weight is 244 g/mol. The van der Waals surface area contributed by atoms with Crippen LogP contribution in [0, 0.1) is 0 Å². The number of unbranched alkanes of at least 4 members (excludes halogenated alkanes) is 1. The lowest BCUT2D eigenvalue weighted by Crippen LogP contribution is -2.49. The van der Waals surface area contributed by atoms with E-state index in [1.165, 1.54) is 0 Å². The summed E-state index contributed by atoms with van der Waals surface area (Å²) in [5.41, 5.74) is 0. The number of amides is 1. The minimum absolute atomic E-state index is 0.180. The highest BCUT2D eigenvalue weighted by atomic mass is 16.6. The topological polar surface area (TPSA) is 53.0 Å².